The summed E-state index contributed by atoms with van der Waals surface area (Å²) in [7, 11) is 1.67. The highest BCUT2D eigenvalue weighted by Gasteiger charge is 1.97. The molecule has 0 aliphatic carbocycles. The van der Waals surface area contributed by atoms with Crippen molar-refractivity contribution in [1.29, 1.82) is 0 Å². The second-order valence-corrected chi connectivity index (χ2v) is 4.04. The van der Waals surface area contributed by atoms with Crippen LogP contribution in [0.5, 0.6) is 5.75 Å². The highest BCUT2D eigenvalue weighted by Crippen LogP contribution is 2.20. The number of aliphatic imine (C=N–C) groups is 1. The molecule has 1 aromatic rings. The summed E-state index contributed by atoms with van der Waals surface area (Å²) >= 11 is 1.72. The summed E-state index contributed by atoms with van der Waals surface area (Å²) in [5.41, 5.74) is 0.994. The predicted octanol–water partition coefficient (Wildman–Crippen LogP) is 3.89. The molecule has 0 spiro atoms. The first kappa shape index (κ1) is 12.1. The van der Waals surface area contributed by atoms with E-state index in [1.165, 1.54) is 5.04 Å². The molecule has 82 valence electrons. The number of benzene rings is 1. The first-order valence-corrected chi connectivity index (χ1v) is 6.28. The Bertz CT molecular complexity index is 319. The number of methoxy groups -OCH3 is 1. The molecule has 0 radical (unpaired) electrons. The minimum Gasteiger partial charge on any atom is -0.497 e. The van der Waals surface area contributed by atoms with Crippen LogP contribution in [0.3, 0.4) is 0 Å². The largest absolute Gasteiger partial charge is 0.497 e. The Labute approximate surface area is 95.8 Å². The Morgan fingerprint density at radius 2 is 2.00 bits per heavy atom. The summed E-state index contributed by atoms with van der Waals surface area (Å²) in [5, 5.41) is 1.18. The van der Waals surface area contributed by atoms with Crippen LogP contribution < -0.4 is 4.74 Å². The third-order valence-electron chi connectivity index (χ3n) is 2.03. The van der Waals surface area contributed by atoms with Crippen molar-refractivity contribution in [2.45, 2.75) is 19.8 Å². The number of ether oxygens (including phenoxy) is 1. The molecule has 1 rings (SSSR count). The number of hydrogen-bond acceptors (Lipinski definition) is 3. The Balaban J connectivity index is 2.77. The summed E-state index contributed by atoms with van der Waals surface area (Å²) in [4.78, 5) is 4.57. The van der Waals surface area contributed by atoms with E-state index in [1.54, 1.807) is 18.9 Å². The lowest BCUT2D eigenvalue weighted by atomic mass is 10.3. The Morgan fingerprint density at radius 3 is 2.47 bits per heavy atom. The first-order valence-electron chi connectivity index (χ1n) is 5.05. The van der Waals surface area contributed by atoms with Crippen LogP contribution in [0, 0.1) is 0 Å². The summed E-state index contributed by atoms with van der Waals surface area (Å²) in [6.07, 6.45) is 4.25. The monoisotopic (exact) mass is 223 g/mol. The fourth-order valence-corrected chi connectivity index (χ4v) is 1.82. The van der Waals surface area contributed by atoms with Crippen molar-refractivity contribution in [3.05, 3.63) is 24.3 Å². The molecule has 0 saturated carbocycles. The molecule has 15 heavy (non-hydrogen) atoms. The minimum atomic E-state index is 0.871. The van der Waals surface area contributed by atoms with Crippen molar-refractivity contribution in [3.8, 4) is 5.75 Å². The van der Waals surface area contributed by atoms with Gasteiger partial charge < -0.3 is 4.74 Å². The van der Waals surface area contributed by atoms with Crippen LogP contribution >= 0.6 is 11.8 Å². The maximum absolute atomic E-state index is 5.09. The zero-order chi connectivity index (χ0) is 11.1. The van der Waals surface area contributed by atoms with Crippen LogP contribution in [0.2, 0.25) is 0 Å². The van der Waals surface area contributed by atoms with E-state index < -0.39 is 0 Å². The van der Waals surface area contributed by atoms with Crippen LogP contribution in [0.25, 0.3) is 0 Å². The number of thioether (sulfide) groups is 1. The van der Waals surface area contributed by atoms with E-state index in [0.717, 1.165) is 24.3 Å². The molecular formula is C12H17NOS. The predicted molar refractivity (Wildman–Crippen MR) is 68.5 cm³/mol. The van der Waals surface area contributed by atoms with E-state index in [1.807, 2.05) is 24.3 Å². The summed E-state index contributed by atoms with van der Waals surface area (Å²) < 4.78 is 5.09. The lowest BCUT2D eigenvalue weighted by molar-refractivity contribution is 0.415. The number of rotatable bonds is 4. The van der Waals surface area contributed by atoms with Crippen molar-refractivity contribution in [1.82, 2.24) is 0 Å². The Morgan fingerprint density at radius 1 is 1.33 bits per heavy atom. The summed E-state index contributed by atoms with van der Waals surface area (Å²) in [6, 6.07) is 7.82. The van der Waals surface area contributed by atoms with Gasteiger partial charge in [0.05, 0.1) is 17.8 Å². The molecule has 0 aliphatic heterocycles. The van der Waals surface area contributed by atoms with Gasteiger partial charge in [-0.15, -0.1) is 11.8 Å². The second-order valence-electron chi connectivity index (χ2n) is 3.16. The van der Waals surface area contributed by atoms with Gasteiger partial charge in [-0.3, -0.25) is 0 Å². The topological polar surface area (TPSA) is 21.6 Å². The Hall–Kier alpha value is -0.960. The maximum Gasteiger partial charge on any atom is 0.119 e. The molecule has 0 bridgehead atoms. The van der Waals surface area contributed by atoms with E-state index in [0.29, 0.717) is 0 Å². The maximum atomic E-state index is 5.09. The van der Waals surface area contributed by atoms with Gasteiger partial charge in [-0.2, -0.15) is 0 Å². The molecule has 0 aliphatic rings. The highest BCUT2D eigenvalue weighted by atomic mass is 32.2. The summed E-state index contributed by atoms with van der Waals surface area (Å²) in [5.74, 6) is 0.871. The van der Waals surface area contributed by atoms with Gasteiger partial charge in [-0.1, -0.05) is 13.3 Å². The van der Waals surface area contributed by atoms with Crippen LogP contribution in [0.4, 0.5) is 5.69 Å². The fourth-order valence-electron chi connectivity index (χ4n) is 1.22. The zero-order valence-corrected chi connectivity index (χ0v) is 10.3. The second kappa shape index (κ2) is 6.51. The molecule has 0 N–H and O–H groups in total. The average molecular weight is 223 g/mol. The van der Waals surface area contributed by atoms with Crippen molar-refractivity contribution in [3.63, 3.8) is 0 Å². The normalized spacial score (nSPS) is 11.5. The molecule has 1 aromatic carbocycles. The van der Waals surface area contributed by atoms with Gasteiger partial charge in [0, 0.05) is 0 Å². The van der Waals surface area contributed by atoms with Gasteiger partial charge in [0.1, 0.15) is 5.75 Å². The molecule has 0 fully saturated rings. The molecular weight excluding hydrogens is 206 g/mol. The van der Waals surface area contributed by atoms with E-state index in [-0.39, 0.29) is 0 Å². The van der Waals surface area contributed by atoms with Crippen molar-refractivity contribution < 1.29 is 4.74 Å². The van der Waals surface area contributed by atoms with E-state index in [2.05, 4.69) is 18.2 Å². The van der Waals surface area contributed by atoms with Crippen LogP contribution in [-0.2, 0) is 0 Å². The Kier molecular flexibility index (Phi) is 5.26. The van der Waals surface area contributed by atoms with Gasteiger partial charge in [0.2, 0.25) is 0 Å². The molecule has 0 unspecified atom stereocenters. The van der Waals surface area contributed by atoms with Crippen molar-refractivity contribution >= 4 is 22.5 Å². The molecule has 0 heterocycles. The average Bonchev–Trinajstić information content (AvgIpc) is 2.29. The molecule has 3 heteroatoms. The van der Waals surface area contributed by atoms with E-state index in [9.17, 15) is 0 Å². The highest BCUT2D eigenvalue weighted by molar-refractivity contribution is 8.13. The van der Waals surface area contributed by atoms with Crippen molar-refractivity contribution in [2.24, 2.45) is 4.99 Å². The third kappa shape index (κ3) is 3.96. The van der Waals surface area contributed by atoms with Gasteiger partial charge >= 0.3 is 0 Å². The number of hydrogen-bond donors (Lipinski definition) is 0. The smallest absolute Gasteiger partial charge is 0.119 e. The van der Waals surface area contributed by atoms with Gasteiger partial charge in [-0.05, 0) is 36.9 Å². The van der Waals surface area contributed by atoms with Crippen LogP contribution in [0.1, 0.15) is 19.8 Å². The van der Waals surface area contributed by atoms with Crippen molar-refractivity contribution in [2.75, 3.05) is 13.4 Å². The molecule has 0 aromatic heterocycles. The van der Waals surface area contributed by atoms with Crippen LogP contribution in [0.15, 0.2) is 29.3 Å². The van der Waals surface area contributed by atoms with Gasteiger partial charge in [-0.25, -0.2) is 4.99 Å². The number of nitrogens with zero attached hydrogens (tertiary/aromatic N) is 1. The lowest BCUT2D eigenvalue weighted by Crippen LogP contribution is -1.89. The first-order chi connectivity index (χ1) is 7.30. The minimum absolute atomic E-state index is 0.871. The zero-order valence-electron chi connectivity index (χ0n) is 9.49. The SMILES string of the molecule is CCCC(=Nc1ccc(OC)cc1)SC. The molecule has 0 saturated heterocycles. The lowest BCUT2D eigenvalue weighted by Gasteiger charge is -2.02. The molecule has 0 atom stereocenters. The molecule has 2 nitrogen and oxygen atoms in total. The van der Waals surface area contributed by atoms with Crippen LogP contribution in [-0.4, -0.2) is 18.4 Å². The standard InChI is InChI=1S/C12H17NOS/c1-4-5-12(15-3)13-10-6-8-11(14-2)9-7-10/h6-9H,4-5H2,1-3H3. The molecule has 0 amide bonds. The van der Waals surface area contributed by atoms with Gasteiger partial charge in [0.15, 0.2) is 0 Å². The van der Waals surface area contributed by atoms with E-state index >= 15 is 0 Å². The third-order valence-corrected chi connectivity index (χ3v) is 2.79. The van der Waals surface area contributed by atoms with Gasteiger partial charge in [0.25, 0.3) is 0 Å². The quantitative estimate of drug-likeness (QED) is 0.570. The van der Waals surface area contributed by atoms with E-state index in [4.69, 9.17) is 4.74 Å². The summed E-state index contributed by atoms with van der Waals surface area (Å²) in [6.45, 7) is 2.17. The fraction of sp³-hybridized carbons (Fsp3) is 0.417.